The number of allylic oxidation sites excluding steroid dienone is 1. The first-order valence-corrected chi connectivity index (χ1v) is 11.7. The number of benzene rings is 2. The monoisotopic (exact) mass is 395 g/mol. The Morgan fingerprint density at radius 3 is 2.46 bits per heavy atom. The highest BCUT2D eigenvalue weighted by molar-refractivity contribution is 8.15. The van der Waals surface area contributed by atoms with E-state index in [9.17, 15) is 4.39 Å². The molecule has 3 heteroatoms. The molecule has 0 amide bonds. The number of anilines is 1. The normalized spacial score (nSPS) is 21.5. The van der Waals surface area contributed by atoms with Crippen molar-refractivity contribution in [3.63, 3.8) is 0 Å². The number of rotatable bonds is 4. The predicted octanol–water partition coefficient (Wildman–Crippen LogP) is 7.33. The number of nitrogens with zero attached hydrogens (tertiary/aromatic N) is 1. The molecule has 0 radical (unpaired) electrons. The lowest BCUT2D eigenvalue weighted by Gasteiger charge is -2.41. The summed E-state index contributed by atoms with van der Waals surface area (Å²) in [5.74, 6) is 4.34. The summed E-state index contributed by atoms with van der Waals surface area (Å²) in [5, 5.41) is 0. The summed E-state index contributed by atoms with van der Waals surface area (Å²) in [6, 6.07) is 14.2. The van der Waals surface area contributed by atoms with E-state index in [1.54, 1.807) is 12.1 Å². The fourth-order valence-electron chi connectivity index (χ4n) is 5.09. The predicted molar refractivity (Wildman–Crippen MR) is 122 cm³/mol. The van der Waals surface area contributed by atoms with Gasteiger partial charge < -0.3 is 4.31 Å². The van der Waals surface area contributed by atoms with E-state index in [0.29, 0.717) is 6.04 Å². The lowest BCUT2D eigenvalue weighted by atomic mass is 9.67. The molecule has 0 aromatic heterocycles. The number of halogens is 1. The second-order valence-electron chi connectivity index (χ2n) is 8.23. The molecule has 1 aliphatic heterocycles. The summed E-state index contributed by atoms with van der Waals surface area (Å²) in [7, 11) is -0.361. The summed E-state index contributed by atoms with van der Waals surface area (Å²) in [6.07, 6.45) is 7.36. The minimum atomic E-state index is -0.361. The zero-order chi connectivity index (χ0) is 19.9. The van der Waals surface area contributed by atoms with Crippen LogP contribution < -0.4 is 4.31 Å². The van der Waals surface area contributed by atoms with Gasteiger partial charge in [-0.15, -0.1) is 0 Å². The summed E-state index contributed by atoms with van der Waals surface area (Å²) in [6.45, 7) is 8.81. The van der Waals surface area contributed by atoms with Crippen LogP contribution in [0.5, 0.6) is 0 Å². The molecule has 0 bridgehead atoms. The molecule has 1 aliphatic carbocycles. The smallest absolute Gasteiger partial charge is 0.123 e. The molecule has 2 unspecified atom stereocenters. The summed E-state index contributed by atoms with van der Waals surface area (Å²) in [5.41, 5.74) is 5.46. The molecular weight excluding hydrogens is 365 g/mol. The molecule has 0 N–H and O–H groups in total. The molecule has 2 aromatic carbocycles. The van der Waals surface area contributed by atoms with Crippen LogP contribution in [0.3, 0.4) is 0 Å². The molecule has 1 heterocycles. The lowest BCUT2D eigenvalue weighted by Crippen LogP contribution is -2.42. The Hall–Kier alpha value is -1.87. The SMILES string of the molecule is C=C(CC)c1ccc2c(c1)C1(CCCCC1)C(C)N2S(=C)c1ccc(F)cc1. The Bertz CT molecular complexity index is 909. The van der Waals surface area contributed by atoms with Crippen LogP contribution in [0, 0.1) is 5.82 Å². The van der Waals surface area contributed by atoms with Gasteiger partial charge in [0.05, 0.1) is 5.69 Å². The summed E-state index contributed by atoms with van der Waals surface area (Å²) < 4.78 is 15.9. The van der Waals surface area contributed by atoms with Gasteiger partial charge in [0.2, 0.25) is 0 Å². The maximum absolute atomic E-state index is 13.4. The second-order valence-corrected chi connectivity index (χ2v) is 9.82. The van der Waals surface area contributed by atoms with E-state index in [1.807, 2.05) is 12.1 Å². The van der Waals surface area contributed by atoms with Crippen molar-refractivity contribution in [2.75, 3.05) is 4.31 Å². The van der Waals surface area contributed by atoms with Crippen molar-refractivity contribution in [3.05, 3.63) is 66.0 Å². The molecule has 1 saturated carbocycles. The van der Waals surface area contributed by atoms with E-state index in [-0.39, 0.29) is 21.9 Å². The van der Waals surface area contributed by atoms with Crippen LogP contribution in [-0.4, -0.2) is 11.9 Å². The molecule has 4 rings (SSSR count). The van der Waals surface area contributed by atoms with Crippen LogP contribution in [0.25, 0.3) is 5.57 Å². The standard InChI is InChI=1S/C25H30FNS/c1-5-18(2)20-9-14-24-23(17-20)25(15-7-6-8-16-25)19(3)27(24)28(4)22-12-10-21(26)11-13-22/h9-14,17,19H,2,4-8,15-16H2,1,3H3. The van der Waals surface area contributed by atoms with E-state index in [0.717, 1.165) is 11.3 Å². The number of fused-ring (bicyclic) bond motifs is 2. The Balaban J connectivity index is 1.82. The topological polar surface area (TPSA) is 3.24 Å². The van der Waals surface area contributed by atoms with Gasteiger partial charge in [-0.3, -0.25) is 0 Å². The van der Waals surface area contributed by atoms with Crippen LogP contribution >= 0.6 is 10.7 Å². The minimum absolute atomic E-state index is 0.193. The first-order chi connectivity index (χ1) is 13.5. The van der Waals surface area contributed by atoms with E-state index >= 15 is 0 Å². The third-order valence-electron chi connectivity index (χ3n) is 6.83. The van der Waals surface area contributed by atoms with Gasteiger partial charge in [0, 0.05) is 16.4 Å². The molecule has 0 saturated heterocycles. The molecular formula is C25H30FNS. The van der Waals surface area contributed by atoms with Gasteiger partial charge in [-0.05, 0) is 79.3 Å². The average Bonchev–Trinajstić information content (AvgIpc) is 2.95. The Morgan fingerprint density at radius 2 is 1.82 bits per heavy atom. The first kappa shape index (κ1) is 19.4. The highest BCUT2D eigenvalue weighted by atomic mass is 32.2. The van der Waals surface area contributed by atoms with Gasteiger partial charge in [-0.25, -0.2) is 4.39 Å². The van der Waals surface area contributed by atoms with Crippen molar-refractivity contribution in [1.82, 2.24) is 0 Å². The third-order valence-corrected chi connectivity index (χ3v) is 8.63. The Morgan fingerprint density at radius 1 is 1.14 bits per heavy atom. The van der Waals surface area contributed by atoms with Gasteiger partial charge in [0.1, 0.15) is 5.82 Å². The van der Waals surface area contributed by atoms with Gasteiger partial charge in [-0.1, -0.05) is 55.4 Å². The van der Waals surface area contributed by atoms with Crippen LogP contribution in [0.2, 0.25) is 0 Å². The number of hydrogen-bond acceptors (Lipinski definition) is 1. The van der Waals surface area contributed by atoms with E-state index in [2.05, 4.69) is 48.8 Å². The van der Waals surface area contributed by atoms with E-state index in [1.165, 1.54) is 54.5 Å². The fourth-order valence-corrected chi connectivity index (χ4v) is 6.75. The second kappa shape index (κ2) is 7.51. The van der Waals surface area contributed by atoms with Gasteiger partial charge >= 0.3 is 0 Å². The zero-order valence-electron chi connectivity index (χ0n) is 17.0. The van der Waals surface area contributed by atoms with Crippen LogP contribution in [0.15, 0.2) is 53.9 Å². The maximum Gasteiger partial charge on any atom is 0.123 e. The molecule has 1 fully saturated rings. The quantitative estimate of drug-likeness (QED) is 0.490. The first-order valence-electron chi connectivity index (χ1n) is 10.4. The van der Waals surface area contributed by atoms with Crippen LogP contribution in [0.1, 0.15) is 63.5 Å². The van der Waals surface area contributed by atoms with Crippen molar-refractivity contribution in [3.8, 4) is 0 Å². The zero-order valence-corrected chi connectivity index (χ0v) is 17.8. The van der Waals surface area contributed by atoms with Crippen molar-refractivity contribution >= 4 is 27.8 Å². The Labute approximate surface area is 171 Å². The van der Waals surface area contributed by atoms with Crippen molar-refractivity contribution in [2.45, 2.75) is 68.7 Å². The van der Waals surface area contributed by atoms with Crippen molar-refractivity contribution < 1.29 is 4.39 Å². The number of hydrogen-bond donors (Lipinski definition) is 0. The van der Waals surface area contributed by atoms with Gasteiger partial charge in [0.25, 0.3) is 0 Å². The van der Waals surface area contributed by atoms with Gasteiger partial charge in [0.15, 0.2) is 0 Å². The molecule has 2 aromatic rings. The van der Waals surface area contributed by atoms with Crippen LogP contribution in [0.4, 0.5) is 10.1 Å². The molecule has 2 aliphatic rings. The highest BCUT2D eigenvalue weighted by Gasteiger charge is 2.49. The van der Waals surface area contributed by atoms with Crippen molar-refractivity contribution in [1.29, 1.82) is 0 Å². The van der Waals surface area contributed by atoms with Crippen LogP contribution in [-0.2, 0) is 5.41 Å². The maximum atomic E-state index is 13.4. The van der Waals surface area contributed by atoms with E-state index in [4.69, 9.17) is 0 Å². The molecule has 1 spiro atoms. The molecule has 148 valence electrons. The third kappa shape index (κ3) is 3.04. The largest absolute Gasteiger partial charge is 0.315 e. The summed E-state index contributed by atoms with van der Waals surface area (Å²) >= 11 is 0. The highest BCUT2D eigenvalue weighted by Crippen LogP contribution is 2.57. The lowest BCUT2D eigenvalue weighted by molar-refractivity contribution is 0.271. The fraction of sp³-hybridized carbons (Fsp3) is 0.400. The molecule has 1 nitrogen and oxygen atoms in total. The van der Waals surface area contributed by atoms with Crippen molar-refractivity contribution in [2.24, 2.45) is 0 Å². The Kier molecular flexibility index (Phi) is 5.22. The summed E-state index contributed by atoms with van der Waals surface area (Å²) in [4.78, 5) is 1.09. The average molecular weight is 396 g/mol. The van der Waals surface area contributed by atoms with Gasteiger partial charge in [-0.2, -0.15) is 0 Å². The molecule has 28 heavy (non-hydrogen) atoms. The molecule has 2 atom stereocenters. The minimum Gasteiger partial charge on any atom is -0.315 e. The van der Waals surface area contributed by atoms with E-state index < -0.39 is 0 Å².